The molecule has 1 aliphatic carbocycles. The van der Waals surface area contributed by atoms with Crippen LogP contribution in [0.25, 0.3) is 0 Å². The van der Waals surface area contributed by atoms with Crippen LogP contribution in [0.2, 0.25) is 5.02 Å². The van der Waals surface area contributed by atoms with Gasteiger partial charge in [0.1, 0.15) is 11.2 Å². The summed E-state index contributed by atoms with van der Waals surface area (Å²) in [5.41, 5.74) is -1.71. The lowest BCUT2D eigenvalue weighted by Crippen LogP contribution is -2.57. The number of nitrogens with one attached hydrogen (secondary N) is 2. The van der Waals surface area contributed by atoms with E-state index in [1.807, 2.05) is 0 Å². The fraction of sp³-hybridized carbons (Fsp3) is 0.579. The number of ether oxygens (including phenoxy) is 1. The van der Waals surface area contributed by atoms with Gasteiger partial charge in [-0.05, 0) is 45.7 Å². The summed E-state index contributed by atoms with van der Waals surface area (Å²) < 4.78 is 5.35. The average Bonchev–Trinajstić information content (AvgIpc) is 2.58. The van der Waals surface area contributed by atoms with Crippen LogP contribution in [-0.2, 0) is 4.74 Å². The first-order valence-electron chi connectivity index (χ1n) is 9.25. The zero-order chi connectivity index (χ0) is 20.9. The van der Waals surface area contributed by atoms with Crippen LogP contribution in [0.5, 0.6) is 0 Å². The van der Waals surface area contributed by atoms with Crippen molar-refractivity contribution in [1.82, 2.24) is 10.6 Å². The van der Waals surface area contributed by atoms with Gasteiger partial charge in [0.15, 0.2) is 0 Å². The standard InChI is InChI=1S/C19H26ClN3O5/c1-18(2,3)28-17(25)22-19(9-5-4-6-10-19)12-21-16(24)14-11-13(20)7-8-15(14)23(26)27/h7-8,11H,4-6,9-10,12H2,1-3H3,(H,21,24)(H,22,25). The molecule has 154 valence electrons. The Hall–Kier alpha value is -2.35. The Morgan fingerprint density at radius 3 is 2.46 bits per heavy atom. The Kier molecular flexibility index (Phi) is 6.87. The molecule has 1 aliphatic rings. The van der Waals surface area contributed by atoms with E-state index in [2.05, 4.69) is 10.6 Å². The Bertz CT molecular complexity index is 754. The molecule has 0 radical (unpaired) electrons. The van der Waals surface area contributed by atoms with Crippen LogP contribution < -0.4 is 10.6 Å². The first kappa shape index (κ1) is 21.9. The third-order valence-electron chi connectivity index (χ3n) is 4.56. The number of rotatable bonds is 5. The molecule has 2 N–H and O–H groups in total. The summed E-state index contributed by atoms with van der Waals surface area (Å²) in [7, 11) is 0. The van der Waals surface area contributed by atoms with Gasteiger partial charge in [0.05, 0.1) is 10.5 Å². The number of hydrogen-bond acceptors (Lipinski definition) is 5. The predicted octanol–water partition coefficient (Wildman–Crippen LogP) is 4.21. The number of hydrogen-bond donors (Lipinski definition) is 2. The SMILES string of the molecule is CC(C)(C)OC(=O)NC1(CNC(=O)c2cc(Cl)ccc2[N+](=O)[O-])CCCCC1. The zero-order valence-corrected chi connectivity index (χ0v) is 17.1. The van der Waals surface area contributed by atoms with Gasteiger partial charge >= 0.3 is 6.09 Å². The zero-order valence-electron chi connectivity index (χ0n) is 16.3. The molecule has 0 unspecified atom stereocenters. The van der Waals surface area contributed by atoms with E-state index in [1.165, 1.54) is 18.2 Å². The number of halogens is 1. The van der Waals surface area contributed by atoms with E-state index in [0.717, 1.165) is 19.3 Å². The number of nitro groups is 1. The van der Waals surface area contributed by atoms with Gasteiger partial charge in [0.2, 0.25) is 0 Å². The molecule has 2 amide bonds. The predicted molar refractivity (Wildman–Crippen MR) is 106 cm³/mol. The van der Waals surface area contributed by atoms with E-state index in [0.29, 0.717) is 12.8 Å². The summed E-state index contributed by atoms with van der Waals surface area (Å²) in [5, 5.41) is 17.1. The summed E-state index contributed by atoms with van der Waals surface area (Å²) in [6.07, 6.45) is 3.68. The van der Waals surface area contributed by atoms with Crippen molar-refractivity contribution in [2.24, 2.45) is 0 Å². The number of alkyl carbamates (subject to hydrolysis) is 1. The molecule has 0 bridgehead atoms. The molecular weight excluding hydrogens is 386 g/mol. The number of carbonyl (C=O) groups is 2. The van der Waals surface area contributed by atoms with E-state index in [1.54, 1.807) is 20.8 Å². The van der Waals surface area contributed by atoms with Crippen LogP contribution >= 0.6 is 11.6 Å². The molecule has 0 atom stereocenters. The normalized spacial score (nSPS) is 16.1. The maximum Gasteiger partial charge on any atom is 0.408 e. The van der Waals surface area contributed by atoms with Crippen molar-refractivity contribution in [3.8, 4) is 0 Å². The first-order chi connectivity index (χ1) is 13.0. The summed E-state index contributed by atoms with van der Waals surface area (Å²) in [6, 6.07) is 3.83. The number of amides is 2. The maximum atomic E-state index is 12.6. The number of carbonyl (C=O) groups excluding carboxylic acids is 2. The second-order valence-electron chi connectivity index (χ2n) is 8.07. The monoisotopic (exact) mass is 411 g/mol. The lowest BCUT2D eigenvalue weighted by Gasteiger charge is -2.38. The van der Waals surface area contributed by atoms with Gasteiger partial charge in [-0.25, -0.2) is 4.79 Å². The molecule has 0 aromatic heterocycles. The van der Waals surface area contributed by atoms with Crippen molar-refractivity contribution in [3.63, 3.8) is 0 Å². The molecular formula is C19H26ClN3O5. The van der Waals surface area contributed by atoms with Gasteiger partial charge in [0, 0.05) is 17.6 Å². The van der Waals surface area contributed by atoms with Crippen molar-refractivity contribution >= 4 is 29.3 Å². The minimum absolute atomic E-state index is 0.110. The van der Waals surface area contributed by atoms with Gasteiger partial charge in [-0.1, -0.05) is 30.9 Å². The summed E-state index contributed by atoms with van der Waals surface area (Å²) in [5.74, 6) is -0.606. The Morgan fingerprint density at radius 2 is 1.89 bits per heavy atom. The van der Waals surface area contributed by atoms with Gasteiger partial charge in [0.25, 0.3) is 11.6 Å². The Morgan fingerprint density at radius 1 is 1.25 bits per heavy atom. The molecule has 2 rings (SSSR count). The van der Waals surface area contributed by atoms with Crippen LogP contribution in [0.15, 0.2) is 18.2 Å². The van der Waals surface area contributed by atoms with Crippen molar-refractivity contribution in [2.45, 2.75) is 64.0 Å². The molecule has 8 nitrogen and oxygen atoms in total. The Labute approximate surface area is 169 Å². The molecule has 1 aromatic carbocycles. The van der Waals surface area contributed by atoms with E-state index in [-0.39, 0.29) is 22.8 Å². The largest absolute Gasteiger partial charge is 0.444 e. The average molecular weight is 412 g/mol. The molecule has 1 aromatic rings. The molecule has 9 heteroatoms. The molecule has 0 saturated heterocycles. The summed E-state index contributed by atoms with van der Waals surface area (Å²) in [6.45, 7) is 5.48. The van der Waals surface area contributed by atoms with E-state index >= 15 is 0 Å². The molecule has 28 heavy (non-hydrogen) atoms. The lowest BCUT2D eigenvalue weighted by molar-refractivity contribution is -0.385. The molecule has 0 aliphatic heterocycles. The highest BCUT2D eigenvalue weighted by Gasteiger charge is 2.36. The van der Waals surface area contributed by atoms with Crippen molar-refractivity contribution in [1.29, 1.82) is 0 Å². The van der Waals surface area contributed by atoms with Crippen LogP contribution in [0.3, 0.4) is 0 Å². The smallest absolute Gasteiger partial charge is 0.408 e. The van der Waals surface area contributed by atoms with Crippen molar-refractivity contribution in [3.05, 3.63) is 38.9 Å². The van der Waals surface area contributed by atoms with Crippen LogP contribution in [0.4, 0.5) is 10.5 Å². The van der Waals surface area contributed by atoms with Crippen molar-refractivity contribution < 1.29 is 19.2 Å². The molecule has 1 saturated carbocycles. The fourth-order valence-electron chi connectivity index (χ4n) is 3.29. The fourth-order valence-corrected chi connectivity index (χ4v) is 3.46. The highest BCUT2D eigenvalue weighted by atomic mass is 35.5. The van der Waals surface area contributed by atoms with Crippen LogP contribution in [-0.4, -0.2) is 34.6 Å². The number of benzene rings is 1. The summed E-state index contributed by atoms with van der Waals surface area (Å²) in [4.78, 5) is 35.5. The highest BCUT2D eigenvalue weighted by Crippen LogP contribution is 2.29. The second-order valence-corrected chi connectivity index (χ2v) is 8.51. The van der Waals surface area contributed by atoms with Crippen molar-refractivity contribution in [2.75, 3.05) is 6.54 Å². The lowest BCUT2D eigenvalue weighted by atomic mass is 9.81. The van der Waals surface area contributed by atoms with Gasteiger partial charge in [-0.2, -0.15) is 0 Å². The number of nitrogens with zero attached hydrogens (tertiary/aromatic N) is 1. The third kappa shape index (κ3) is 6.09. The van der Waals surface area contributed by atoms with E-state index < -0.39 is 28.1 Å². The van der Waals surface area contributed by atoms with E-state index in [4.69, 9.17) is 16.3 Å². The Balaban J connectivity index is 2.13. The maximum absolute atomic E-state index is 12.6. The first-order valence-corrected chi connectivity index (χ1v) is 9.62. The summed E-state index contributed by atoms with van der Waals surface area (Å²) >= 11 is 5.90. The van der Waals surface area contributed by atoms with E-state index in [9.17, 15) is 19.7 Å². The molecule has 1 fully saturated rings. The van der Waals surface area contributed by atoms with Gasteiger partial charge < -0.3 is 15.4 Å². The minimum Gasteiger partial charge on any atom is -0.444 e. The molecule has 0 heterocycles. The third-order valence-corrected chi connectivity index (χ3v) is 4.80. The number of nitro benzene ring substituents is 1. The molecule has 0 spiro atoms. The van der Waals surface area contributed by atoms with Gasteiger partial charge in [-0.3, -0.25) is 14.9 Å². The second kappa shape index (κ2) is 8.77. The van der Waals surface area contributed by atoms with Gasteiger partial charge in [-0.15, -0.1) is 0 Å². The van der Waals surface area contributed by atoms with Crippen LogP contribution in [0.1, 0.15) is 63.2 Å². The highest BCUT2D eigenvalue weighted by molar-refractivity contribution is 6.31. The minimum atomic E-state index is -0.649. The quantitative estimate of drug-likeness (QED) is 0.557. The van der Waals surface area contributed by atoms with Crippen LogP contribution in [0, 0.1) is 10.1 Å². The topological polar surface area (TPSA) is 111 Å².